The van der Waals surface area contributed by atoms with E-state index in [0.717, 1.165) is 5.56 Å². The van der Waals surface area contributed by atoms with Crippen molar-refractivity contribution in [3.63, 3.8) is 0 Å². The van der Waals surface area contributed by atoms with Crippen molar-refractivity contribution in [2.24, 2.45) is 4.99 Å². The molecule has 114 valence electrons. The monoisotopic (exact) mass is 302 g/mol. The van der Waals surface area contributed by atoms with Crippen LogP contribution in [0.4, 0.5) is 8.78 Å². The van der Waals surface area contributed by atoms with Gasteiger partial charge in [0, 0.05) is 13.1 Å². The Labute approximate surface area is 127 Å². The van der Waals surface area contributed by atoms with Crippen molar-refractivity contribution in [1.82, 2.24) is 4.90 Å². The molecular weight excluding hydrogens is 286 g/mol. The maximum absolute atomic E-state index is 14.4. The van der Waals surface area contributed by atoms with Gasteiger partial charge in [0.05, 0.1) is 6.54 Å². The van der Waals surface area contributed by atoms with E-state index in [4.69, 9.17) is 4.74 Å². The Balaban J connectivity index is 1.74. The van der Waals surface area contributed by atoms with E-state index in [1.807, 2.05) is 30.3 Å². The molecule has 2 aromatic carbocycles. The zero-order valence-corrected chi connectivity index (χ0v) is 12.0. The molecule has 5 heteroatoms. The lowest BCUT2D eigenvalue weighted by Crippen LogP contribution is -2.44. The maximum atomic E-state index is 14.4. The fourth-order valence-corrected chi connectivity index (χ4v) is 2.40. The maximum Gasteiger partial charge on any atom is 0.460 e. The van der Waals surface area contributed by atoms with Crippen LogP contribution in [-0.2, 0) is 6.54 Å². The van der Waals surface area contributed by atoms with Crippen molar-refractivity contribution < 1.29 is 13.5 Å². The third-order valence-corrected chi connectivity index (χ3v) is 3.40. The van der Waals surface area contributed by atoms with Crippen LogP contribution in [0.1, 0.15) is 5.56 Å². The Kier molecular flexibility index (Phi) is 4.04. The number of amidine groups is 1. The molecule has 0 unspecified atom stereocenters. The Morgan fingerprint density at radius 1 is 1.00 bits per heavy atom. The molecule has 3 rings (SSSR count). The SMILES string of the molecule is FC(F)(Oc1ccccc1)C1=NCCN1Cc1ccccc1. The molecule has 0 N–H and O–H groups in total. The summed E-state index contributed by atoms with van der Waals surface area (Å²) in [4.78, 5) is 5.52. The van der Waals surface area contributed by atoms with Gasteiger partial charge in [0.15, 0.2) is 0 Å². The molecule has 0 fully saturated rings. The summed E-state index contributed by atoms with van der Waals surface area (Å²) in [6, 6.07) is 17.6. The molecule has 2 aromatic rings. The van der Waals surface area contributed by atoms with E-state index in [1.54, 1.807) is 23.1 Å². The zero-order chi connectivity index (χ0) is 15.4. The molecule has 0 saturated heterocycles. The molecule has 3 nitrogen and oxygen atoms in total. The Morgan fingerprint density at radius 3 is 2.32 bits per heavy atom. The minimum Gasteiger partial charge on any atom is -0.427 e. The van der Waals surface area contributed by atoms with Gasteiger partial charge in [0.2, 0.25) is 5.84 Å². The van der Waals surface area contributed by atoms with Crippen molar-refractivity contribution in [3.8, 4) is 5.75 Å². The third kappa shape index (κ3) is 3.24. The highest BCUT2D eigenvalue weighted by Gasteiger charge is 2.44. The van der Waals surface area contributed by atoms with Gasteiger partial charge in [-0.05, 0) is 17.7 Å². The van der Waals surface area contributed by atoms with E-state index in [9.17, 15) is 8.78 Å². The van der Waals surface area contributed by atoms with Gasteiger partial charge in [-0.3, -0.25) is 4.99 Å². The highest BCUT2D eigenvalue weighted by molar-refractivity contribution is 5.89. The Hall–Kier alpha value is -2.43. The average molecular weight is 302 g/mol. The number of hydrogen-bond acceptors (Lipinski definition) is 3. The molecule has 0 saturated carbocycles. The molecule has 1 aliphatic heterocycles. The summed E-state index contributed by atoms with van der Waals surface area (Å²) in [7, 11) is 0. The number of alkyl halides is 2. The molecule has 22 heavy (non-hydrogen) atoms. The van der Waals surface area contributed by atoms with Gasteiger partial charge in [-0.2, -0.15) is 8.78 Å². The number of ether oxygens (including phenoxy) is 1. The van der Waals surface area contributed by atoms with Crippen molar-refractivity contribution in [3.05, 3.63) is 66.2 Å². The van der Waals surface area contributed by atoms with Crippen LogP contribution in [0.2, 0.25) is 0 Å². The number of aliphatic imine (C=N–C) groups is 1. The van der Waals surface area contributed by atoms with E-state index in [-0.39, 0.29) is 11.6 Å². The highest BCUT2D eigenvalue weighted by atomic mass is 19.3. The van der Waals surface area contributed by atoms with Gasteiger partial charge in [0.1, 0.15) is 5.75 Å². The van der Waals surface area contributed by atoms with E-state index < -0.39 is 6.11 Å². The lowest BCUT2D eigenvalue weighted by atomic mass is 10.2. The van der Waals surface area contributed by atoms with Crippen molar-refractivity contribution >= 4 is 5.84 Å². The standard InChI is InChI=1S/C17H16F2N2O/c18-17(19,22-15-9-5-2-6-10-15)16-20-11-12-21(16)13-14-7-3-1-4-8-14/h1-10H,11-13H2. The van der Waals surface area contributed by atoms with Gasteiger partial charge in [0.25, 0.3) is 0 Å². The van der Waals surface area contributed by atoms with E-state index in [2.05, 4.69) is 4.99 Å². The molecule has 0 spiro atoms. The zero-order valence-electron chi connectivity index (χ0n) is 12.0. The van der Waals surface area contributed by atoms with Crippen LogP contribution in [0.15, 0.2) is 65.7 Å². The molecule has 0 aromatic heterocycles. The molecule has 1 aliphatic rings. The van der Waals surface area contributed by atoms with Gasteiger partial charge in [-0.1, -0.05) is 48.5 Å². The van der Waals surface area contributed by atoms with E-state index in [0.29, 0.717) is 19.6 Å². The van der Waals surface area contributed by atoms with Gasteiger partial charge < -0.3 is 9.64 Å². The quantitative estimate of drug-likeness (QED) is 0.843. The van der Waals surface area contributed by atoms with Crippen LogP contribution >= 0.6 is 0 Å². The molecule has 0 bridgehead atoms. The highest BCUT2D eigenvalue weighted by Crippen LogP contribution is 2.27. The van der Waals surface area contributed by atoms with Crippen molar-refractivity contribution in [2.75, 3.05) is 13.1 Å². The van der Waals surface area contributed by atoms with Crippen LogP contribution in [-0.4, -0.2) is 29.9 Å². The molecular formula is C17H16F2N2O. The summed E-state index contributed by atoms with van der Waals surface area (Å²) in [5, 5.41) is 0. The fraction of sp³-hybridized carbons (Fsp3) is 0.235. The molecule has 0 aliphatic carbocycles. The average Bonchev–Trinajstić information content (AvgIpc) is 2.98. The minimum absolute atomic E-state index is 0.127. The second kappa shape index (κ2) is 6.13. The summed E-state index contributed by atoms with van der Waals surface area (Å²) in [5.41, 5.74) is 0.965. The largest absolute Gasteiger partial charge is 0.460 e. The lowest BCUT2D eigenvalue weighted by molar-refractivity contribution is -0.119. The van der Waals surface area contributed by atoms with E-state index >= 15 is 0 Å². The van der Waals surface area contributed by atoms with Crippen LogP contribution < -0.4 is 4.74 Å². The van der Waals surface area contributed by atoms with Crippen LogP contribution in [0.25, 0.3) is 0 Å². The summed E-state index contributed by atoms with van der Waals surface area (Å²) in [6.45, 7) is 1.22. The topological polar surface area (TPSA) is 24.8 Å². The van der Waals surface area contributed by atoms with Crippen molar-refractivity contribution in [1.29, 1.82) is 0 Å². The summed E-state index contributed by atoms with van der Waals surface area (Å²) in [5.74, 6) is -0.179. The predicted octanol–water partition coefficient (Wildman–Crippen LogP) is 3.57. The third-order valence-electron chi connectivity index (χ3n) is 3.40. The van der Waals surface area contributed by atoms with Gasteiger partial charge in [-0.25, -0.2) is 0 Å². The van der Waals surface area contributed by atoms with Crippen molar-refractivity contribution in [2.45, 2.75) is 12.7 Å². The minimum atomic E-state index is -3.44. The van der Waals surface area contributed by atoms with Crippen LogP contribution in [0.5, 0.6) is 5.75 Å². The first-order valence-electron chi connectivity index (χ1n) is 7.11. The fourth-order valence-electron chi connectivity index (χ4n) is 2.40. The molecule has 0 radical (unpaired) electrons. The first-order valence-corrected chi connectivity index (χ1v) is 7.11. The molecule has 1 heterocycles. The Bertz CT molecular complexity index is 644. The number of benzene rings is 2. The van der Waals surface area contributed by atoms with Gasteiger partial charge in [-0.15, -0.1) is 0 Å². The summed E-state index contributed by atoms with van der Waals surface area (Å²) in [6.07, 6.45) is -3.44. The first kappa shape index (κ1) is 14.5. The number of para-hydroxylation sites is 1. The number of nitrogens with zero attached hydrogens (tertiary/aromatic N) is 2. The first-order chi connectivity index (χ1) is 10.6. The second-order valence-corrected chi connectivity index (χ2v) is 5.04. The summed E-state index contributed by atoms with van der Waals surface area (Å²) >= 11 is 0. The van der Waals surface area contributed by atoms with Gasteiger partial charge >= 0.3 is 6.11 Å². The lowest BCUT2D eigenvalue weighted by Gasteiger charge is -2.26. The molecule has 0 atom stereocenters. The smallest absolute Gasteiger partial charge is 0.427 e. The number of hydrogen-bond donors (Lipinski definition) is 0. The summed E-state index contributed by atoms with van der Waals surface area (Å²) < 4.78 is 33.6. The number of halogens is 2. The van der Waals surface area contributed by atoms with Crippen LogP contribution in [0, 0.1) is 0 Å². The normalized spacial score (nSPS) is 14.8. The molecule has 0 amide bonds. The van der Waals surface area contributed by atoms with Crippen LogP contribution in [0.3, 0.4) is 0 Å². The second-order valence-electron chi connectivity index (χ2n) is 5.04. The Morgan fingerprint density at radius 2 is 1.64 bits per heavy atom. The van der Waals surface area contributed by atoms with E-state index in [1.165, 1.54) is 12.1 Å². The predicted molar refractivity (Wildman–Crippen MR) is 81.2 cm³/mol. The number of rotatable bonds is 5.